The highest BCUT2D eigenvalue weighted by Crippen LogP contribution is 2.35. The number of anilines is 1. The van der Waals surface area contributed by atoms with Gasteiger partial charge in [0.2, 0.25) is 5.95 Å². The molecule has 0 spiro atoms. The van der Waals surface area contributed by atoms with Gasteiger partial charge in [0.15, 0.2) is 0 Å². The fourth-order valence-corrected chi connectivity index (χ4v) is 4.03. The number of methoxy groups -OCH3 is 1. The van der Waals surface area contributed by atoms with E-state index in [-0.39, 0.29) is 12.0 Å². The van der Waals surface area contributed by atoms with E-state index in [4.69, 9.17) is 20.6 Å². The molecule has 2 atom stereocenters. The molecule has 9 nitrogen and oxygen atoms in total. The molecular weight excluding hydrogens is 334 g/mol. The number of ether oxygens (including phenoxy) is 1. The molecule has 140 valence electrons. The number of fused-ring (bicyclic) bond motifs is 1. The van der Waals surface area contributed by atoms with Gasteiger partial charge >= 0.3 is 0 Å². The Kier molecular flexibility index (Phi) is 4.39. The number of carbonyl (C=O) groups is 1. The lowest BCUT2D eigenvalue weighted by Gasteiger charge is -2.28. The Morgan fingerprint density at radius 3 is 2.77 bits per heavy atom. The van der Waals surface area contributed by atoms with Gasteiger partial charge in [0.05, 0.1) is 18.3 Å². The van der Waals surface area contributed by atoms with E-state index in [9.17, 15) is 4.79 Å². The van der Waals surface area contributed by atoms with E-state index in [2.05, 4.69) is 10.00 Å². The van der Waals surface area contributed by atoms with Crippen LogP contribution in [0.25, 0.3) is 0 Å². The summed E-state index contributed by atoms with van der Waals surface area (Å²) in [5, 5.41) is 9.28. The van der Waals surface area contributed by atoms with E-state index in [0.717, 1.165) is 43.4 Å². The number of aromatic nitrogens is 5. The summed E-state index contributed by atoms with van der Waals surface area (Å²) in [6.07, 6.45) is 3.98. The summed E-state index contributed by atoms with van der Waals surface area (Å²) in [5.41, 5.74) is 6.73. The third-order valence-corrected chi connectivity index (χ3v) is 5.34. The number of aryl methyl sites for hydroxylation is 1. The number of rotatable bonds is 5. The number of amides is 1. The first kappa shape index (κ1) is 17.0. The monoisotopic (exact) mass is 359 g/mol. The number of hydrogen-bond acceptors (Lipinski definition) is 6. The standard InChI is InChI=1S/C17H25N7O2/c1-22-14(16(18)25)9-13(20-22)11-7-12(10-26-2)24-15(8-11)19-17(21-24)23-5-3-4-6-23/h9,11-12H,3-8,10H2,1-2H3,(H2,18,25). The van der Waals surface area contributed by atoms with Crippen LogP contribution in [0.5, 0.6) is 0 Å². The van der Waals surface area contributed by atoms with Gasteiger partial charge in [0.1, 0.15) is 11.5 Å². The van der Waals surface area contributed by atoms with Crippen LogP contribution in [0.4, 0.5) is 5.95 Å². The molecule has 0 radical (unpaired) electrons. The van der Waals surface area contributed by atoms with Gasteiger partial charge in [-0.3, -0.25) is 9.48 Å². The van der Waals surface area contributed by atoms with E-state index >= 15 is 0 Å². The van der Waals surface area contributed by atoms with Crippen LogP contribution in [0.2, 0.25) is 0 Å². The van der Waals surface area contributed by atoms with Crippen LogP contribution in [0.15, 0.2) is 6.07 Å². The van der Waals surface area contributed by atoms with Gasteiger partial charge in [-0.2, -0.15) is 10.1 Å². The van der Waals surface area contributed by atoms with Crippen molar-refractivity contribution in [3.8, 4) is 0 Å². The third kappa shape index (κ3) is 2.96. The average molecular weight is 359 g/mol. The van der Waals surface area contributed by atoms with Crippen LogP contribution in [-0.2, 0) is 18.2 Å². The smallest absolute Gasteiger partial charge is 0.266 e. The van der Waals surface area contributed by atoms with E-state index in [1.54, 1.807) is 24.9 Å². The van der Waals surface area contributed by atoms with Crippen molar-refractivity contribution in [2.45, 2.75) is 37.6 Å². The molecule has 2 aliphatic rings. The molecule has 1 fully saturated rings. The molecule has 0 saturated carbocycles. The van der Waals surface area contributed by atoms with Crippen LogP contribution in [-0.4, -0.2) is 57.3 Å². The van der Waals surface area contributed by atoms with Crippen molar-refractivity contribution in [2.75, 3.05) is 31.7 Å². The summed E-state index contributed by atoms with van der Waals surface area (Å²) >= 11 is 0. The maximum Gasteiger partial charge on any atom is 0.266 e. The van der Waals surface area contributed by atoms with Crippen molar-refractivity contribution >= 4 is 11.9 Å². The zero-order valence-corrected chi connectivity index (χ0v) is 15.3. The lowest BCUT2D eigenvalue weighted by atomic mass is 9.90. The molecule has 0 aromatic carbocycles. The SMILES string of the molecule is COCC1CC(c2cc(C(N)=O)n(C)n2)Cc2nc(N3CCCC3)nn21. The Morgan fingerprint density at radius 2 is 2.12 bits per heavy atom. The predicted octanol–water partition coefficient (Wildman–Crippen LogP) is 0.628. The second-order valence-electron chi connectivity index (χ2n) is 7.15. The Bertz CT molecular complexity index is 806. The van der Waals surface area contributed by atoms with E-state index in [1.807, 2.05) is 4.68 Å². The van der Waals surface area contributed by atoms with Crippen molar-refractivity contribution in [3.05, 3.63) is 23.3 Å². The number of carbonyl (C=O) groups excluding carboxylic acids is 1. The summed E-state index contributed by atoms with van der Waals surface area (Å²) in [4.78, 5) is 18.6. The highest BCUT2D eigenvalue weighted by molar-refractivity contribution is 5.91. The number of hydrogen-bond donors (Lipinski definition) is 1. The molecule has 2 unspecified atom stereocenters. The quantitative estimate of drug-likeness (QED) is 0.840. The fraction of sp³-hybridized carbons (Fsp3) is 0.647. The van der Waals surface area contributed by atoms with Gasteiger partial charge in [0.25, 0.3) is 5.91 Å². The maximum absolute atomic E-state index is 11.5. The van der Waals surface area contributed by atoms with E-state index in [0.29, 0.717) is 12.3 Å². The van der Waals surface area contributed by atoms with Gasteiger partial charge in [-0.1, -0.05) is 0 Å². The minimum absolute atomic E-state index is 0.108. The Balaban J connectivity index is 1.64. The Morgan fingerprint density at radius 1 is 1.35 bits per heavy atom. The molecule has 2 aromatic heterocycles. The number of nitrogens with zero attached hydrogens (tertiary/aromatic N) is 6. The first-order chi connectivity index (χ1) is 12.6. The lowest BCUT2D eigenvalue weighted by molar-refractivity contribution is 0.0991. The molecule has 1 amide bonds. The minimum Gasteiger partial charge on any atom is -0.382 e. The summed E-state index contributed by atoms with van der Waals surface area (Å²) in [6.45, 7) is 2.61. The maximum atomic E-state index is 11.5. The van der Waals surface area contributed by atoms with Crippen LogP contribution in [0.3, 0.4) is 0 Å². The van der Waals surface area contributed by atoms with Gasteiger partial charge in [-0.25, -0.2) is 4.68 Å². The fourth-order valence-electron chi connectivity index (χ4n) is 4.03. The van der Waals surface area contributed by atoms with Crippen LogP contribution >= 0.6 is 0 Å². The lowest BCUT2D eigenvalue weighted by Crippen LogP contribution is -2.28. The highest BCUT2D eigenvalue weighted by atomic mass is 16.5. The van der Waals surface area contributed by atoms with Crippen LogP contribution < -0.4 is 10.6 Å². The van der Waals surface area contributed by atoms with Crippen molar-refractivity contribution in [1.29, 1.82) is 0 Å². The Hall–Kier alpha value is -2.42. The second kappa shape index (κ2) is 6.71. The van der Waals surface area contributed by atoms with Crippen molar-refractivity contribution in [2.24, 2.45) is 12.8 Å². The number of primary amides is 1. The van der Waals surface area contributed by atoms with Gasteiger partial charge in [-0.15, -0.1) is 5.10 Å². The van der Waals surface area contributed by atoms with Crippen molar-refractivity contribution < 1.29 is 9.53 Å². The third-order valence-electron chi connectivity index (χ3n) is 5.34. The van der Waals surface area contributed by atoms with Crippen LogP contribution in [0.1, 0.15) is 53.2 Å². The van der Waals surface area contributed by atoms with Gasteiger partial charge in [0, 0.05) is 39.6 Å². The molecule has 2 N–H and O–H groups in total. The largest absolute Gasteiger partial charge is 0.382 e. The summed E-state index contributed by atoms with van der Waals surface area (Å²) < 4.78 is 9.00. The zero-order valence-electron chi connectivity index (χ0n) is 15.3. The normalized spacial score (nSPS) is 22.6. The van der Waals surface area contributed by atoms with Crippen molar-refractivity contribution in [3.63, 3.8) is 0 Å². The summed E-state index contributed by atoms with van der Waals surface area (Å²) in [5.74, 6) is 1.47. The summed E-state index contributed by atoms with van der Waals surface area (Å²) in [6, 6.07) is 1.90. The molecule has 1 saturated heterocycles. The Labute approximate surface area is 152 Å². The molecule has 0 bridgehead atoms. The first-order valence-corrected chi connectivity index (χ1v) is 9.10. The van der Waals surface area contributed by atoms with Crippen LogP contribution in [0, 0.1) is 0 Å². The predicted molar refractivity (Wildman–Crippen MR) is 95.2 cm³/mol. The molecule has 2 aliphatic heterocycles. The molecule has 9 heteroatoms. The van der Waals surface area contributed by atoms with Crippen molar-refractivity contribution in [1.82, 2.24) is 24.5 Å². The number of nitrogens with two attached hydrogens (primary N) is 1. The average Bonchev–Trinajstić information content (AvgIpc) is 3.33. The van der Waals surface area contributed by atoms with Gasteiger partial charge < -0.3 is 15.4 Å². The van der Waals surface area contributed by atoms with Gasteiger partial charge in [-0.05, 0) is 25.3 Å². The molecular formula is C17H25N7O2. The highest BCUT2D eigenvalue weighted by Gasteiger charge is 2.33. The zero-order chi connectivity index (χ0) is 18.3. The summed E-state index contributed by atoms with van der Waals surface area (Å²) in [7, 11) is 3.45. The molecule has 2 aromatic rings. The molecule has 0 aliphatic carbocycles. The topological polar surface area (TPSA) is 104 Å². The minimum atomic E-state index is -0.463. The molecule has 26 heavy (non-hydrogen) atoms. The second-order valence-corrected chi connectivity index (χ2v) is 7.15. The van der Waals surface area contributed by atoms with E-state index in [1.165, 1.54) is 12.8 Å². The van der Waals surface area contributed by atoms with E-state index < -0.39 is 5.91 Å². The molecule has 4 rings (SSSR count). The molecule has 4 heterocycles. The first-order valence-electron chi connectivity index (χ1n) is 9.10.